The average molecular weight is 180 g/mol. The second-order valence-corrected chi connectivity index (χ2v) is 2.25. The maximum atomic E-state index is 3.64. The summed E-state index contributed by atoms with van der Waals surface area (Å²) < 4.78 is 0. The van der Waals surface area contributed by atoms with Crippen LogP contribution in [-0.2, 0) is 19.5 Å². The van der Waals surface area contributed by atoms with Crippen molar-refractivity contribution >= 4 is 0 Å². The molecule has 0 amide bonds. The fourth-order valence-corrected chi connectivity index (χ4v) is 0. The molecular weight excluding hydrogens is 161 g/mol. The van der Waals surface area contributed by atoms with Gasteiger partial charge in [0, 0.05) is 0 Å². The molecule has 0 unspecified atom stereocenters. The number of unbranched alkanes of at least 4 members (excludes halogenated alkanes) is 1. The first kappa shape index (κ1) is 16.3. The van der Waals surface area contributed by atoms with Crippen molar-refractivity contribution in [1.82, 2.24) is 0 Å². The van der Waals surface area contributed by atoms with E-state index < -0.39 is 0 Å². The Bertz CT molecular complexity index is 21.0. The first-order chi connectivity index (χ1) is 3.65. The van der Waals surface area contributed by atoms with Gasteiger partial charge in [-0.2, -0.15) is 12.3 Å². The summed E-state index contributed by atoms with van der Waals surface area (Å²) in [5, 5.41) is 0. The van der Waals surface area contributed by atoms with Crippen LogP contribution in [0.3, 0.4) is 0 Å². The van der Waals surface area contributed by atoms with Gasteiger partial charge < -0.3 is 13.8 Å². The number of hydrogen-bond donors (Lipinski definition) is 0. The molecule has 0 aromatic rings. The molecule has 0 saturated carbocycles. The van der Waals surface area contributed by atoms with Crippen molar-refractivity contribution in [2.45, 2.75) is 33.6 Å². The van der Waals surface area contributed by atoms with Gasteiger partial charge in [-0.3, -0.25) is 0 Å². The van der Waals surface area contributed by atoms with Crippen molar-refractivity contribution < 1.29 is 19.5 Å². The van der Waals surface area contributed by atoms with E-state index in [-0.39, 0.29) is 19.5 Å². The Labute approximate surface area is 73.2 Å². The molecule has 0 aromatic heterocycles. The zero-order chi connectivity index (χ0) is 6.99. The SMILES string of the molecule is [CH2-]C(C)C.[CH2-]CCC.[Zn+2]. The third kappa shape index (κ3) is 144. The quantitative estimate of drug-likeness (QED) is 0.429. The van der Waals surface area contributed by atoms with Gasteiger partial charge in [0.2, 0.25) is 0 Å². The number of rotatable bonds is 1. The van der Waals surface area contributed by atoms with E-state index in [0.29, 0.717) is 5.92 Å². The Balaban J connectivity index is -0.0000000720. The summed E-state index contributed by atoms with van der Waals surface area (Å²) in [5.74, 6) is 0.583. The number of hydrogen-bond acceptors (Lipinski definition) is 0. The Kier molecular flexibility index (Phi) is 28.7. The Hall–Kier alpha value is 0.623. The summed E-state index contributed by atoms with van der Waals surface area (Å²) in [6.45, 7) is 13.5. The van der Waals surface area contributed by atoms with Crippen LogP contribution in [0.25, 0.3) is 0 Å². The molecule has 0 nitrogen and oxygen atoms in total. The smallest absolute Gasteiger partial charge is 0.343 e. The van der Waals surface area contributed by atoms with Gasteiger partial charge in [0.15, 0.2) is 0 Å². The minimum atomic E-state index is 0. The van der Waals surface area contributed by atoms with Crippen molar-refractivity contribution in [3.63, 3.8) is 0 Å². The Morgan fingerprint density at radius 2 is 1.44 bits per heavy atom. The van der Waals surface area contributed by atoms with E-state index in [1.807, 2.05) is 0 Å². The van der Waals surface area contributed by atoms with Crippen molar-refractivity contribution in [2.75, 3.05) is 0 Å². The van der Waals surface area contributed by atoms with E-state index in [0.717, 1.165) is 6.42 Å². The molecule has 0 bridgehead atoms. The topological polar surface area (TPSA) is 0 Å². The standard InChI is InChI=1S/2C4H9.Zn/c1-4(2)3;1-3-4-2;/h4H,1H2,2-3H3;1,3-4H2,2H3;/q2*-1;+2. The van der Waals surface area contributed by atoms with E-state index >= 15 is 0 Å². The largest absolute Gasteiger partial charge is 2.00 e. The van der Waals surface area contributed by atoms with Crippen LogP contribution in [-0.4, -0.2) is 0 Å². The predicted molar refractivity (Wildman–Crippen MR) is 40.5 cm³/mol. The van der Waals surface area contributed by atoms with Crippen LogP contribution in [0.2, 0.25) is 0 Å². The molecule has 0 aliphatic rings. The van der Waals surface area contributed by atoms with E-state index in [4.69, 9.17) is 0 Å². The van der Waals surface area contributed by atoms with Crippen LogP contribution >= 0.6 is 0 Å². The van der Waals surface area contributed by atoms with Crippen molar-refractivity contribution in [3.8, 4) is 0 Å². The van der Waals surface area contributed by atoms with E-state index in [2.05, 4.69) is 34.6 Å². The van der Waals surface area contributed by atoms with Gasteiger partial charge in [-0.25, -0.2) is 0 Å². The predicted octanol–water partition coefficient (Wildman–Crippen LogP) is 3.09. The van der Waals surface area contributed by atoms with Crippen LogP contribution in [0.4, 0.5) is 0 Å². The summed E-state index contributed by atoms with van der Waals surface area (Å²) in [6.07, 6.45) is 2.28. The fourth-order valence-electron chi connectivity index (χ4n) is 0. The summed E-state index contributed by atoms with van der Waals surface area (Å²) in [5.41, 5.74) is 0. The molecule has 0 radical (unpaired) electrons. The minimum absolute atomic E-state index is 0. The van der Waals surface area contributed by atoms with Crippen LogP contribution in [0.1, 0.15) is 33.6 Å². The van der Waals surface area contributed by atoms with Gasteiger partial charge >= 0.3 is 19.5 Å². The molecule has 0 aromatic carbocycles. The monoisotopic (exact) mass is 178 g/mol. The molecule has 52 valence electrons. The van der Waals surface area contributed by atoms with E-state index in [1.165, 1.54) is 6.42 Å². The summed E-state index contributed by atoms with van der Waals surface area (Å²) in [4.78, 5) is 0. The van der Waals surface area contributed by atoms with E-state index in [9.17, 15) is 0 Å². The third-order valence-corrected chi connectivity index (χ3v) is 0.354. The first-order valence-electron chi connectivity index (χ1n) is 3.27. The van der Waals surface area contributed by atoms with Crippen LogP contribution < -0.4 is 0 Å². The summed E-state index contributed by atoms with van der Waals surface area (Å²) >= 11 is 0. The van der Waals surface area contributed by atoms with E-state index in [1.54, 1.807) is 0 Å². The van der Waals surface area contributed by atoms with Gasteiger partial charge in [0.25, 0.3) is 0 Å². The van der Waals surface area contributed by atoms with Gasteiger partial charge in [0.1, 0.15) is 0 Å². The summed E-state index contributed by atoms with van der Waals surface area (Å²) in [6, 6.07) is 0. The van der Waals surface area contributed by atoms with Crippen molar-refractivity contribution in [3.05, 3.63) is 13.8 Å². The molecule has 0 N–H and O–H groups in total. The average Bonchev–Trinajstić information content (AvgIpc) is 1.65. The Morgan fingerprint density at radius 1 is 1.33 bits per heavy atom. The Morgan fingerprint density at radius 3 is 1.44 bits per heavy atom. The van der Waals surface area contributed by atoms with Gasteiger partial charge in [-0.1, -0.05) is 27.2 Å². The molecule has 0 fully saturated rings. The molecule has 0 saturated heterocycles. The van der Waals surface area contributed by atoms with Gasteiger partial charge in [-0.15, -0.1) is 0 Å². The molecular formula is C8H18Zn. The second-order valence-electron chi connectivity index (χ2n) is 2.25. The molecule has 0 rings (SSSR count). The fraction of sp³-hybridized carbons (Fsp3) is 0.750. The van der Waals surface area contributed by atoms with Crippen LogP contribution in [0.15, 0.2) is 0 Å². The third-order valence-electron chi connectivity index (χ3n) is 0.354. The van der Waals surface area contributed by atoms with Crippen molar-refractivity contribution in [2.24, 2.45) is 5.92 Å². The first-order valence-corrected chi connectivity index (χ1v) is 3.27. The maximum absolute atomic E-state index is 3.64. The molecule has 0 heterocycles. The molecule has 0 aliphatic carbocycles. The minimum Gasteiger partial charge on any atom is -0.343 e. The second kappa shape index (κ2) is 15.8. The molecule has 1 heteroatoms. The van der Waals surface area contributed by atoms with Crippen LogP contribution in [0, 0.1) is 19.8 Å². The normalized spacial score (nSPS) is 7.33. The molecule has 9 heavy (non-hydrogen) atoms. The van der Waals surface area contributed by atoms with Crippen molar-refractivity contribution in [1.29, 1.82) is 0 Å². The maximum Gasteiger partial charge on any atom is 2.00 e. The summed E-state index contributed by atoms with van der Waals surface area (Å²) in [7, 11) is 0. The zero-order valence-electron chi connectivity index (χ0n) is 7.11. The zero-order valence-corrected chi connectivity index (χ0v) is 10.1. The van der Waals surface area contributed by atoms with Crippen LogP contribution in [0.5, 0.6) is 0 Å². The van der Waals surface area contributed by atoms with Gasteiger partial charge in [-0.05, 0) is 0 Å². The molecule has 0 aliphatic heterocycles. The molecule has 0 spiro atoms. The molecule has 0 atom stereocenters. The van der Waals surface area contributed by atoms with Gasteiger partial charge in [0.05, 0.1) is 0 Å².